The molecule has 2 aromatic carbocycles. The van der Waals surface area contributed by atoms with Gasteiger partial charge in [-0.05, 0) is 17.5 Å². The van der Waals surface area contributed by atoms with Crippen LogP contribution in [0.15, 0.2) is 64.9 Å². The van der Waals surface area contributed by atoms with Crippen LogP contribution in [0.5, 0.6) is 11.5 Å². The van der Waals surface area contributed by atoms with Gasteiger partial charge in [-0.2, -0.15) is 0 Å². The summed E-state index contributed by atoms with van der Waals surface area (Å²) < 4.78 is 10.5. The van der Waals surface area contributed by atoms with Gasteiger partial charge in [-0.25, -0.2) is 0 Å². The zero-order valence-electron chi connectivity index (χ0n) is 13.4. The van der Waals surface area contributed by atoms with E-state index >= 15 is 0 Å². The van der Waals surface area contributed by atoms with Gasteiger partial charge in [0.25, 0.3) is 5.91 Å². The van der Waals surface area contributed by atoms with E-state index in [-0.39, 0.29) is 5.91 Å². The van der Waals surface area contributed by atoms with Crippen molar-refractivity contribution < 1.29 is 14.3 Å². The largest absolute Gasteiger partial charge is 0.497 e. The zero-order chi connectivity index (χ0) is 16.7. The molecule has 0 bridgehead atoms. The second-order valence-corrected chi connectivity index (χ2v) is 5.68. The highest BCUT2D eigenvalue weighted by Gasteiger charge is 2.11. The van der Waals surface area contributed by atoms with Crippen LogP contribution in [0, 0.1) is 0 Å². The Labute approximate surface area is 140 Å². The fourth-order valence-corrected chi connectivity index (χ4v) is 2.55. The first-order valence-electron chi connectivity index (χ1n) is 7.03. The minimum atomic E-state index is -0.122. The van der Waals surface area contributed by atoms with Crippen molar-refractivity contribution in [1.82, 2.24) is 0 Å². The van der Waals surface area contributed by atoms with Gasteiger partial charge in [-0.1, -0.05) is 30.0 Å². The smallest absolute Gasteiger partial charge is 0.251 e. The molecular weight excluding hydrogens is 310 g/mol. The van der Waals surface area contributed by atoms with Crippen LogP contribution < -0.4 is 14.4 Å². The SMILES string of the molecule is COc1cc(OC)cc(N(C)C(=O)/C=C\Sc2ccccc2)c1. The number of ether oxygens (including phenoxy) is 2. The number of thioether (sulfide) groups is 1. The van der Waals surface area contributed by atoms with Crippen LogP contribution in [0.3, 0.4) is 0 Å². The number of likely N-dealkylation sites (N-methyl/N-ethyl adjacent to an activating group) is 1. The lowest BCUT2D eigenvalue weighted by Crippen LogP contribution is -2.23. The molecule has 0 heterocycles. The molecule has 2 aromatic rings. The highest BCUT2D eigenvalue weighted by atomic mass is 32.2. The molecular formula is C18H19NO3S. The van der Waals surface area contributed by atoms with Gasteiger partial charge in [-0.3, -0.25) is 4.79 Å². The lowest BCUT2D eigenvalue weighted by atomic mass is 10.2. The number of carbonyl (C=O) groups is 1. The van der Waals surface area contributed by atoms with E-state index in [1.54, 1.807) is 55.9 Å². The van der Waals surface area contributed by atoms with Gasteiger partial charge in [0.05, 0.1) is 19.9 Å². The van der Waals surface area contributed by atoms with E-state index in [0.29, 0.717) is 17.2 Å². The first-order chi connectivity index (χ1) is 11.1. The molecule has 0 saturated carbocycles. The molecule has 0 atom stereocenters. The summed E-state index contributed by atoms with van der Waals surface area (Å²) in [5.74, 6) is 1.16. The predicted molar refractivity (Wildman–Crippen MR) is 94.4 cm³/mol. The first-order valence-corrected chi connectivity index (χ1v) is 7.91. The maximum atomic E-state index is 12.3. The molecule has 0 unspecified atom stereocenters. The number of rotatable bonds is 6. The maximum Gasteiger partial charge on any atom is 0.251 e. The number of anilines is 1. The molecule has 0 aliphatic heterocycles. The molecule has 23 heavy (non-hydrogen) atoms. The minimum Gasteiger partial charge on any atom is -0.497 e. The van der Waals surface area contributed by atoms with Gasteiger partial charge < -0.3 is 14.4 Å². The third kappa shape index (κ3) is 4.79. The standard InChI is InChI=1S/C18H19NO3S/c1-19(14-11-15(21-2)13-16(12-14)22-3)18(20)9-10-23-17-7-5-4-6-8-17/h4-13H,1-3H3/b10-9-. The lowest BCUT2D eigenvalue weighted by Gasteiger charge is -2.17. The van der Waals surface area contributed by atoms with Crippen molar-refractivity contribution in [2.75, 3.05) is 26.2 Å². The minimum absolute atomic E-state index is 0.122. The topological polar surface area (TPSA) is 38.8 Å². The van der Waals surface area contributed by atoms with E-state index in [1.165, 1.54) is 11.8 Å². The number of hydrogen-bond donors (Lipinski definition) is 0. The molecule has 0 saturated heterocycles. The Morgan fingerprint density at radius 1 is 1.04 bits per heavy atom. The molecule has 0 aromatic heterocycles. The molecule has 0 N–H and O–H groups in total. The summed E-state index contributed by atoms with van der Waals surface area (Å²) in [5, 5.41) is 1.78. The molecule has 0 spiro atoms. The number of methoxy groups -OCH3 is 2. The van der Waals surface area contributed by atoms with Crippen molar-refractivity contribution in [3.8, 4) is 11.5 Å². The predicted octanol–water partition coefficient (Wildman–Crippen LogP) is 3.97. The number of hydrogen-bond acceptors (Lipinski definition) is 4. The number of amides is 1. The maximum absolute atomic E-state index is 12.3. The normalized spacial score (nSPS) is 10.6. The van der Waals surface area contributed by atoms with E-state index in [1.807, 2.05) is 30.3 Å². The van der Waals surface area contributed by atoms with E-state index in [4.69, 9.17) is 9.47 Å². The Bertz CT molecular complexity index is 664. The van der Waals surface area contributed by atoms with Crippen molar-refractivity contribution in [3.63, 3.8) is 0 Å². The Morgan fingerprint density at radius 2 is 1.65 bits per heavy atom. The quantitative estimate of drug-likeness (QED) is 0.594. The van der Waals surface area contributed by atoms with Crippen LogP contribution in [0.4, 0.5) is 5.69 Å². The van der Waals surface area contributed by atoms with E-state index in [0.717, 1.165) is 4.90 Å². The Kier molecular flexibility index (Phi) is 6.11. The summed E-state index contributed by atoms with van der Waals surface area (Å²) in [7, 11) is 4.88. The van der Waals surface area contributed by atoms with Gasteiger partial charge in [0, 0.05) is 36.2 Å². The van der Waals surface area contributed by atoms with E-state index in [9.17, 15) is 4.79 Å². The van der Waals surface area contributed by atoms with Crippen LogP contribution in [0.1, 0.15) is 0 Å². The van der Waals surface area contributed by atoms with Crippen molar-refractivity contribution in [1.29, 1.82) is 0 Å². The molecule has 0 fully saturated rings. The molecule has 1 amide bonds. The number of nitrogens with zero attached hydrogens (tertiary/aromatic N) is 1. The van der Waals surface area contributed by atoms with E-state index in [2.05, 4.69) is 0 Å². The highest BCUT2D eigenvalue weighted by Crippen LogP contribution is 2.28. The summed E-state index contributed by atoms with van der Waals surface area (Å²) in [6, 6.07) is 15.2. The number of carbonyl (C=O) groups excluding carboxylic acids is 1. The second-order valence-electron chi connectivity index (χ2n) is 4.70. The first kappa shape index (κ1) is 17.0. The molecule has 120 valence electrons. The highest BCUT2D eigenvalue weighted by molar-refractivity contribution is 8.02. The summed E-state index contributed by atoms with van der Waals surface area (Å²) >= 11 is 1.50. The Hall–Kier alpha value is -2.40. The summed E-state index contributed by atoms with van der Waals surface area (Å²) in [6.45, 7) is 0. The van der Waals surface area contributed by atoms with Crippen molar-refractivity contribution in [2.45, 2.75) is 4.90 Å². The zero-order valence-corrected chi connectivity index (χ0v) is 14.2. The monoisotopic (exact) mass is 329 g/mol. The van der Waals surface area contributed by atoms with Gasteiger partial charge in [0.15, 0.2) is 0 Å². The van der Waals surface area contributed by atoms with Crippen molar-refractivity contribution in [2.24, 2.45) is 0 Å². The summed E-state index contributed by atoms with van der Waals surface area (Å²) in [4.78, 5) is 14.9. The molecule has 2 rings (SSSR count). The lowest BCUT2D eigenvalue weighted by molar-refractivity contribution is -0.113. The van der Waals surface area contributed by atoms with Crippen LogP contribution in [-0.4, -0.2) is 27.2 Å². The molecule has 0 radical (unpaired) electrons. The third-order valence-corrected chi connectivity index (χ3v) is 4.03. The average Bonchev–Trinajstić information content (AvgIpc) is 2.61. The van der Waals surface area contributed by atoms with Crippen LogP contribution in [0.2, 0.25) is 0 Å². The molecule has 0 aliphatic carbocycles. The van der Waals surface area contributed by atoms with Gasteiger partial charge in [-0.15, -0.1) is 0 Å². The average molecular weight is 329 g/mol. The van der Waals surface area contributed by atoms with Crippen LogP contribution in [-0.2, 0) is 4.79 Å². The number of benzene rings is 2. The van der Waals surface area contributed by atoms with Crippen molar-refractivity contribution >= 4 is 23.4 Å². The fourth-order valence-electron chi connectivity index (χ4n) is 1.89. The molecule has 4 nitrogen and oxygen atoms in total. The summed E-state index contributed by atoms with van der Waals surface area (Å²) in [5.41, 5.74) is 0.709. The second kappa shape index (κ2) is 8.29. The fraction of sp³-hybridized carbons (Fsp3) is 0.167. The van der Waals surface area contributed by atoms with E-state index < -0.39 is 0 Å². The van der Waals surface area contributed by atoms with Gasteiger partial charge >= 0.3 is 0 Å². The third-order valence-electron chi connectivity index (χ3n) is 3.21. The Balaban J connectivity index is 2.07. The molecule has 0 aliphatic rings. The van der Waals surface area contributed by atoms with Gasteiger partial charge in [0.2, 0.25) is 0 Å². The summed E-state index contributed by atoms with van der Waals surface area (Å²) in [6.07, 6.45) is 1.55. The van der Waals surface area contributed by atoms with Crippen LogP contribution in [0.25, 0.3) is 0 Å². The van der Waals surface area contributed by atoms with Gasteiger partial charge in [0.1, 0.15) is 11.5 Å². The molecule has 5 heteroatoms. The van der Waals surface area contributed by atoms with Crippen LogP contribution >= 0.6 is 11.8 Å². The Morgan fingerprint density at radius 3 is 2.22 bits per heavy atom. The van der Waals surface area contributed by atoms with Crippen molar-refractivity contribution in [3.05, 3.63) is 60.0 Å².